The van der Waals surface area contributed by atoms with E-state index in [1.54, 1.807) is 0 Å². The molecule has 0 bridgehead atoms. The zero-order valence-electron chi connectivity index (χ0n) is 10.3. The maximum Gasteiger partial charge on any atom is 0.0167 e. The highest BCUT2D eigenvalue weighted by molar-refractivity contribution is 5.19. The van der Waals surface area contributed by atoms with Crippen molar-refractivity contribution in [3.8, 4) is 0 Å². The van der Waals surface area contributed by atoms with Gasteiger partial charge < -0.3 is 5.32 Å². The summed E-state index contributed by atoms with van der Waals surface area (Å²) >= 11 is 0. The van der Waals surface area contributed by atoms with Gasteiger partial charge in [0.25, 0.3) is 0 Å². The minimum Gasteiger partial charge on any atom is -0.312 e. The molecular formula is C14H22N2. The van der Waals surface area contributed by atoms with Crippen LogP contribution in [0.25, 0.3) is 0 Å². The summed E-state index contributed by atoms with van der Waals surface area (Å²) in [4.78, 5) is 2.57. The molecule has 88 valence electrons. The second-order valence-electron chi connectivity index (χ2n) is 4.93. The molecule has 16 heavy (non-hydrogen) atoms. The zero-order chi connectivity index (χ0) is 11.4. The maximum atomic E-state index is 3.48. The van der Waals surface area contributed by atoms with Gasteiger partial charge in [-0.1, -0.05) is 37.3 Å². The van der Waals surface area contributed by atoms with Crippen LogP contribution in [-0.4, -0.2) is 37.1 Å². The van der Waals surface area contributed by atoms with Crippen LogP contribution in [0.5, 0.6) is 0 Å². The summed E-state index contributed by atoms with van der Waals surface area (Å²) < 4.78 is 0. The van der Waals surface area contributed by atoms with E-state index in [0.29, 0.717) is 12.0 Å². The van der Waals surface area contributed by atoms with Crippen LogP contribution in [0.4, 0.5) is 0 Å². The monoisotopic (exact) mass is 218 g/mol. The van der Waals surface area contributed by atoms with E-state index < -0.39 is 0 Å². The molecule has 0 saturated carbocycles. The largest absolute Gasteiger partial charge is 0.312 e. The molecule has 1 aromatic carbocycles. The van der Waals surface area contributed by atoms with E-state index in [-0.39, 0.29) is 0 Å². The van der Waals surface area contributed by atoms with Crippen molar-refractivity contribution >= 4 is 0 Å². The first-order chi connectivity index (χ1) is 7.75. The molecule has 1 heterocycles. The van der Waals surface area contributed by atoms with Gasteiger partial charge in [-0.15, -0.1) is 0 Å². The standard InChI is InChI=1S/C14H22N2/c1-12(14-6-4-3-5-7-14)10-16-9-8-15-13(2)11-16/h3-7,12-13,15H,8-11H2,1-2H3/t12?,13-/m0/s1. The Labute approximate surface area is 98.7 Å². The molecule has 0 spiro atoms. The first-order valence-electron chi connectivity index (χ1n) is 6.26. The van der Waals surface area contributed by atoms with E-state index in [9.17, 15) is 0 Å². The zero-order valence-corrected chi connectivity index (χ0v) is 10.3. The minimum absolute atomic E-state index is 0.631. The second kappa shape index (κ2) is 5.46. The van der Waals surface area contributed by atoms with Gasteiger partial charge in [0.15, 0.2) is 0 Å². The lowest BCUT2D eigenvalue weighted by Crippen LogP contribution is -2.49. The van der Waals surface area contributed by atoms with Crippen molar-refractivity contribution in [3.05, 3.63) is 35.9 Å². The number of nitrogens with one attached hydrogen (secondary N) is 1. The molecule has 1 aromatic rings. The van der Waals surface area contributed by atoms with Crippen LogP contribution in [0.15, 0.2) is 30.3 Å². The van der Waals surface area contributed by atoms with Crippen molar-refractivity contribution in [2.45, 2.75) is 25.8 Å². The average Bonchev–Trinajstić information content (AvgIpc) is 2.30. The Morgan fingerprint density at radius 3 is 2.81 bits per heavy atom. The van der Waals surface area contributed by atoms with Crippen molar-refractivity contribution < 1.29 is 0 Å². The summed E-state index contributed by atoms with van der Waals surface area (Å²) in [7, 11) is 0. The van der Waals surface area contributed by atoms with Crippen LogP contribution in [0.2, 0.25) is 0 Å². The van der Waals surface area contributed by atoms with Crippen LogP contribution in [0.3, 0.4) is 0 Å². The van der Waals surface area contributed by atoms with Crippen LogP contribution < -0.4 is 5.32 Å². The SMILES string of the molecule is CC(CN1CCN[C@@H](C)C1)c1ccccc1. The number of nitrogens with zero attached hydrogens (tertiary/aromatic N) is 1. The van der Waals surface area contributed by atoms with Gasteiger partial charge in [-0.2, -0.15) is 0 Å². The van der Waals surface area contributed by atoms with Gasteiger partial charge in [0.05, 0.1) is 0 Å². The van der Waals surface area contributed by atoms with Gasteiger partial charge in [0.2, 0.25) is 0 Å². The molecule has 1 fully saturated rings. The molecule has 0 amide bonds. The lowest BCUT2D eigenvalue weighted by molar-refractivity contribution is 0.199. The van der Waals surface area contributed by atoms with Crippen molar-refractivity contribution in [3.63, 3.8) is 0 Å². The number of benzene rings is 1. The molecule has 1 aliphatic heterocycles. The molecule has 1 saturated heterocycles. The van der Waals surface area contributed by atoms with Gasteiger partial charge in [0, 0.05) is 32.2 Å². The van der Waals surface area contributed by atoms with Crippen molar-refractivity contribution in [2.75, 3.05) is 26.2 Å². The van der Waals surface area contributed by atoms with Gasteiger partial charge in [-0.3, -0.25) is 4.90 Å². The number of hydrogen-bond donors (Lipinski definition) is 1. The van der Waals surface area contributed by atoms with Gasteiger partial charge in [-0.25, -0.2) is 0 Å². The van der Waals surface area contributed by atoms with Gasteiger partial charge in [-0.05, 0) is 18.4 Å². The Balaban J connectivity index is 1.89. The highest BCUT2D eigenvalue weighted by Crippen LogP contribution is 2.16. The molecule has 1 N–H and O–H groups in total. The van der Waals surface area contributed by atoms with Crippen LogP contribution in [0.1, 0.15) is 25.3 Å². The van der Waals surface area contributed by atoms with E-state index in [4.69, 9.17) is 0 Å². The molecule has 0 aliphatic carbocycles. The number of piperazine rings is 1. The summed E-state index contributed by atoms with van der Waals surface area (Å²) in [5.41, 5.74) is 1.45. The molecule has 1 unspecified atom stereocenters. The van der Waals surface area contributed by atoms with Gasteiger partial charge in [0.1, 0.15) is 0 Å². The van der Waals surface area contributed by atoms with E-state index in [1.165, 1.54) is 25.2 Å². The number of rotatable bonds is 3. The first-order valence-corrected chi connectivity index (χ1v) is 6.26. The summed E-state index contributed by atoms with van der Waals surface area (Å²) in [6.45, 7) is 9.25. The molecular weight excluding hydrogens is 196 g/mol. The summed E-state index contributed by atoms with van der Waals surface area (Å²) in [6.07, 6.45) is 0. The molecule has 2 rings (SSSR count). The second-order valence-corrected chi connectivity index (χ2v) is 4.93. The van der Waals surface area contributed by atoms with Crippen molar-refractivity contribution in [1.82, 2.24) is 10.2 Å². The molecule has 0 aromatic heterocycles. The highest BCUT2D eigenvalue weighted by atomic mass is 15.2. The average molecular weight is 218 g/mol. The van der Waals surface area contributed by atoms with Crippen molar-refractivity contribution in [1.29, 1.82) is 0 Å². The lowest BCUT2D eigenvalue weighted by atomic mass is 10.0. The molecule has 2 atom stereocenters. The molecule has 0 radical (unpaired) electrons. The Bertz CT molecular complexity index is 310. The summed E-state index contributed by atoms with van der Waals surface area (Å²) in [5.74, 6) is 0.631. The Kier molecular flexibility index (Phi) is 3.97. The first kappa shape index (κ1) is 11.6. The fourth-order valence-corrected chi connectivity index (χ4v) is 2.45. The highest BCUT2D eigenvalue weighted by Gasteiger charge is 2.17. The number of hydrogen-bond acceptors (Lipinski definition) is 2. The van der Waals surface area contributed by atoms with E-state index in [2.05, 4.69) is 54.4 Å². The fourth-order valence-electron chi connectivity index (χ4n) is 2.45. The van der Waals surface area contributed by atoms with Crippen LogP contribution in [-0.2, 0) is 0 Å². The third-order valence-corrected chi connectivity index (χ3v) is 3.35. The van der Waals surface area contributed by atoms with E-state index >= 15 is 0 Å². The normalized spacial score (nSPS) is 24.2. The quantitative estimate of drug-likeness (QED) is 0.835. The Morgan fingerprint density at radius 2 is 2.12 bits per heavy atom. The topological polar surface area (TPSA) is 15.3 Å². The molecule has 1 aliphatic rings. The third-order valence-electron chi connectivity index (χ3n) is 3.35. The van der Waals surface area contributed by atoms with Crippen LogP contribution >= 0.6 is 0 Å². The summed E-state index contributed by atoms with van der Waals surface area (Å²) in [6, 6.07) is 11.4. The van der Waals surface area contributed by atoms with Crippen LogP contribution in [0, 0.1) is 0 Å². The minimum atomic E-state index is 0.631. The molecule has 2 heteroatoms. The maximum absolute atomic E-state index is 3.48. The van der Waals surface area contributed by atoms with Crippen molar-refractivity contribution in [2.24, 2.45) is 0 Å². The lowest BCUT2D eigenvalue weighted by Gasteiger charge is -2.33. The Morgan fingerprint density at radius 1 is 1.38 bits per heavy atom. The smallest absolute Gasteiger partial charge is 0.0167 e. The molecule has 2 nitrogen and oxygen atoms in total. The van der Waals surface area contributed by atoms with Gasteiger partial charge >= 0.3 is 0 Å². The summed E-state index contributed by atoms with van der Waals surface area (Å²) in [5, 5.41) is 3.48. The van der Waals surface area contributed by atoms with E-state index in [1.807, 2.05) is 0 Å². The predicted molar refractivity (Wildman–Crippen MR) is 68.8 cm³/mol. The fraction of sp³-hybridized carbons (Fsp3) is 0.571. The Hall–Kier alpha value is -0.860. The third kappa shape index (κ3) is 3.06. The van der Waals surface area contributed by atoms with E-state index in [0.717, 1.165) is 6.54 Å². The predicted octanol–water partition coefficient (Wildman–Crippen LogP) is 2.08.